The quantitative estimate of drug-likeness (QED) is 0.268. The molecule has 0 amide bonds. The Kier molecular flexibility index (Phi) is 5.61. The third kappa shape index (κ3) is 3.77. The lowest BCUT2D eigenvalue weighted by atomic mass is 10.1. The summed E-state index contributed by atoms with van der Waals surface area (Å²) >= 11 is 6.16. The van der Waals surface area contributed by atoms with Gasteiger partial charge in [-0.25, -0.2) is 9.78 Å². The second kappa shape index (κ2) is 9.00. The van der Waals surface area contributed by atoms with E-state index in [1.807, 2.05) is 37.3 Å². The molecule has 1 atom stereocenters. The van der Waals surface area contributed by atoms with Crippen molar-refractivity contribution in [1.82, 2.24) is 14.2 Å². The number of furan rings is 1. The lowest BCUT2D eigenvalue weighted by Crippen LogP contribution is -2.20. The molecule has 0 bridgehead atoms. The molecule has 0 saturated carbocycles. The monoisotopic (exact) mass is 524 g/mol. The SMILES string of the molecule is Cc1c(C=Nn2c(-c3cc4cc(Cl)ccc4o3)nc3ccccc3c2=O)c2ccccc2n1[C@@H](C)C(=O)O. The van der Waals surface area contributed by atoms with Gasteiger partial charge >= 0.3 is 5.97 Å². The summed E-state index contributed by atoms with van der Waals surface area (Å²) in [7, 11) is 0. The second-order valence-electron chi connectivity index (χ2n) is 9.01. The summed E-state index contributed by atoms with van der Waals surface area (Å²) in [6.45, 7) is 3.47. The van der Waals surface area contributed by atoms with Crippen molar-refractivity contribution in [2.45, 2.75) is 19.9 Å². The Hall–Kier alpha value is -4.69. The van der Waals surface area contributed by atoms with Crippen LogP contribution >= 0.6 is 11.6 Å². The number of aliphatic carboxylic acids is 1. The number of halogens is 1. The zero-order valence-electron chi connectivity index (χ0n) is 20.4. The summed E-state index contributed by atoms with van der Waals surface area (Å²) in [4.78, 5) is 30.2. The van der Waals surface area contributed by atoms with E-state index in [0.717, 1.165) is 16.3 Å². The molecule has 6 aromatic rings. The zero-order valence-corrected chi connectivity index (χ0v) is 21.2. The van der Waals surface area contributed by atoms with Crippen LogP contribution in [-0.4, -0.2) is 31.5 Å². The Morgan fingerprint density at radius 1 is 1.08 bits per heavy atom. The average Bonchev–Trinajstić information content (AvgIpc) is 3.45. The van der Waals surface area contributed by atoms with Crippen LogP contribution in [0.5, 0.6) is 0 Å². The summed E-state index contributed by atoms with van der Waals surface area (Å²) in [6.07, 6.45) is 1.57. The topological polar surface area (TPSA) is 103 Å². The highest BCUT2D eigenvalue weighted by atomic mass is 35.5. The van der Waals surface area contributed by atoms with E-state index in [4.69, 9.17) is 21.0 Å². The van der Waals surface area contributed by atoms with Gasteiger partial charge in [-0.05, 0) is 56.3 Å². The Bertz CT molecular complexity index is 1980. The fourth-order valence-corrected chi connectivity index (χ4v) is 5.00. The molecule has 0 saturated heterocycles. The van der Waals surface area contributed by atoms with Crippen molar-refractivity contribution in [2.24, 2.45) is 5.10 Å². The van der Waals surface area contributed by atoms with Crippen LogP contribution in [0.15, 0.2) is 87.1 Å². The van der Waals surface area contributed by atoms with E-state index in [2.05, 4.69) is 5.10 Å². The molecule has 6 rings (SSSR count). The maximum atomic E-state index is 13.6. The fourth-order valence-electron chi connectivity index (χ4n) is 4.82. The first-order valence-electron chi connectivity index (χ1n) is 11.9. The number of nitrogens with zero attached hydrogens (tertiary/aromatic N) is 4. The van der Waals surface area contributed by atoms with Crippen molar-refractivity contribution in [1.29, 1.82) is 0 Å². The highest BCUT2D eigenvalue weighted by Crippen LogP contribution is 2.30. The van der Waals surface area contributed by atoms with Gasteiger partial charge in [-0.15, -0.1) is 0 Å². The van der Waals surface area contributed by atoms with Crippen molar-refractivity contribution in [3.8, 4) is 11.6 Å². The summed E-state index contributed by atoms with van der Waals surface area (Å²) in [5, 5.41) is 16.8. The summed E-state index contributed by atoms with van der Waals surface area (Å²) in [5.41, 5.74) is 2.94. The molecule has 0 aliphatic carbocycles. The van der Waals surface area contributed by atoms with Gasteiger partial charge in [0.2, 0.25) is 5.82 Å². The molecule has 0 unspecified atom stereocenters. The van der Waals surface area contributed by atoms with Gasteiger partial charge in [0, 0.05) is 32.6 Å². The number of aromatic nitrogens is 3. The smallest absolute Gasteiger partial charge is 0.326 e. The van der Waals surface area contributed by atoms with Crippen LogP contribution in [0.1, 0.15) is 24.2 Å². The Balaban J connectivity index is 1.59. The number of fused-ring (bicyclic) bond motifs is 3. The molecule has 8 nitrogen and oxygen atoms in total. The molecule has 0 aliphatic rings. The number of rotatable bonds is 5. The lowest BCUT2D eigenvalue weighted by Gasteiger charge is -2.13. The number of hydrogen-bond donors (Lipinski definition) is 1. The molecule has 3 heterocycles. The van der Waals surface area contributed by atoms with Crippen molar-refractivity contribution in [2.75, 3.05) is 0 Å². The van der Waals surface area contributed by atoms with Gasteiger partial charge in [0.15, 0.2) is 5.76 Å². The van der Waals surface area contributed by atoms with Gasteiger partial charge in [0.05, 0.1) is 17.1 Å². The molecular formula is C29H21ClN4O4. The van der Waals surface area contributed by atoms with E-state index in [0.29, 0.717) is 38.5 Å². The molecule has 1 N–H and O–H groups in total. The van der Waals surface area contributed by atoms with E-state index >= 15 is 0 Å². The molecule has 9 heteroatoms. The molecule has 188 valence electrons. The molecular weight excluding hydrogens is 504 g/mol. The van der Waals surface area contributed by atoms with Crippen LogP contribution < -0.4 is 5.56 Å². The minimum absolute atomic E-state index is 0.234. The summed E-state index contributed by atoms with van der Waals surface area (Å²) < 4.78 is 9.01. The Labute approximate surface area is 221 Å². The maximum absolute atomic E-state index is 13.6. The molecule has 0 radical (unpaired) electrons. The highest BCUT2D eigenvalue weighted by molar-refractivity contribution is 6.31. The molecule has 3 aromatic carbocycles. The van der Waals surface area contributed by atoms with Crippen LogP contribution in [0.4, 0.5) is 0 Å². The van der Waals surface area contributed by atoms with E-state index < -0.39 is 12.0 Å². The number of carboxylic acids is 1. The van der Waals surface area contributed by atoms with E-state index in [1.165, 1.54) is 4.68 Å². The lowest BCUT2D eigenvalue weighted by molar-refractivity contribution is -0.140. The Morgan fingerprint density at radius 3 is 2.61 bits per heavy atom. The van der Waals surface area contributed by atoms with Crippen molar-refractivity contribution in [3.63, 3.8) is 0 Å². The molecule has 0 aliphatic heterocycles. The highest BCUT2D eigenvalue weighted by Gasteiger charge is 2.22. The zero-order chi connectivity index (χ0) is 26.6. The predicted octanol–water partition coefficient (Wildman–Crippen LogP) is 6.25. The van der Waals surface area contributed by atoms with Gasteiger partial charge in [0.1, 0.15) is 11.6 Å². The molecule has 38 heavy (non-hydrogen) atoms. The standard InChI is InChI=1S/C29H21ClN4O4/c1-16-22(20-7-4-6-10-24(20)33(16)17(2)29(36)37)15-31-34-27(32-23-9-5-3-8-21(23)28(34)35)26-14-18-13-19(30)11-12-25(18)38-26/h3-15,17H,1-2H3,(H,36,37)/t17-/m0/s1. The minimum atomic E-state index is -0.945. The normalized spacial score (nSPS) is 12.7. The second-order valence-corrected chi connectivity index (χ2v) is 9.44. The number of benzene rings is 3. The van der Waals surface area contributed by atoms with Crippen molar-refractivity contribution >= 4 is 56.6 Å². The predicted molar refractivity (Wildman–Crippen MR) is 148 cm³/mol. The first-order chi connectivity index (χ1) is 18.3. The van der Waals surface area contributed by atoms with Crippen LogP contribution in [0, 0.1) is 6.92 Å². The summed E-state index contributed by atoms with van der Waals surface area (Å²) in [6, 6.07) is 20.8. The third-order valence-electron chi connectivity index (χ3n) is 6.70. The van der Waals surface area contributed by atoms with E-state index in [9.17, 15) is 14.7 Å². The fraction of sp³-hybridized carbons (Fsp3) is 0.103. The van der Waals surface area contributed by atoms with Crippen molar-refractivity contribution < 1.29 is 14.3 Å². The summed E-state index contributed by atoms with van der Waals surface area (Å²) in [5.74, 6) is -0.349. The van der Waals surface area contributed by atoms with Crippen LogP contribution in [-0.2, 0) is 4.79 Å². The first kappa shape index (κ1) is 23.7. The minimum Gasteiger partial charge on any atom is -0.480 e. The van der Waals surface area contributed by atoms with Crippen molar-refractivity contribution in [3.05, 3.63) is 99.4 Å². The number of hydrogen-bond acceptors (Lipinski definition) is 5. The first-order valence-corrected chi connectivity index (χ1v) is 12.3. The van der Waals surface area contributed by atoms with Gasteiger partial charge < -0.3 is 14.1 Å². The molecule has 3 aromatic heterocycles. The number of para-hydroxylation sites is 2. The number of carboxylic acid groups (broad SMARTS) is 1. The van der Waals surface area contributed by atoms with Gasteiger partial charge in [-0.1, -0.05) is 41.9 Å². The molecule has 0 fully saturated rings. The van der Waals surface area contributed by atoms with Crippen LogP contribution in [0.2, 0.25) is 5.02 Å². The van der Waals surface area contributed by atoms with Gasteiger partial charge in [-0.3, -0.25) is 4.79 Å². The largest absolute Gasteiger partial charge is 0.480 e. The van der Waals surface area contributed by atoms with Gasteiger partial charge in [-0.2, -0.15) is 9.78 Å². The maximum Gasteiger partial charge on any atom is 0.326 e. The van der Waals surface area contributed by atoms with Crippen LogP contribution in [0.25, 0.3) is 44.4 Å². The van der Waals surface area contributed by atoms with E-state index in [1.54, 1.807) is 60.2 Å². The third-order valence-corrected chi connectivity index (χ3v) is 6.94. The van der Waals surface area contributed by atoms with Crippen LogP contribution in [0.3, 0.4) is 0 Å². The molecule has 0 spiro atoms. The van der Waals surface area contributed by atoms with Gasteiger partial charge in [0.25, 0.3) is 5.56 Å². The van der Waals surface area contributed by atoms with E-state index in [-0.39, 0.29) is 11.4 Å². The Morgan fingerprint density at radius 2 is 1.82 bits per heavy atom. The average molecular weight is 525 g/mol. The number of carbonyl (C=O) groups is 1.